The minimum absolute atomic E-state index is 0.211. The number of halogens is 1. The summed E-state index contributed by atoms with van der Waals surface area (Å²) in [5.74, 6) is 1.41. The van der Waals surface area contributed by atoms with Crippen LogP contribution in [0.2, 0.25) is 0 Å². The van der Waals surface area contributed by atoms with Crippen LogP contribution in [-0.2, 0) is 13.0 Å². The molecule has 5 rings (SSSR count). The molecular formula is C24H22FN5OS. The molecule has 4 aromatic rings. The number of nitrogens with zero attached hydrogens (tertiary/aromatic N) is 4. The molecule has 32 heavy (non-hydrogen) atoms. The summed E-state index contributed by atoms with van der Waals surface area (Å²) in [6, 6.07) is 13.8. The van der Waals surface area contributed by atoms with Crippen LogP contribution in [-0.4, -0.2) is 25.7 Å². The number of hydrogen-bond acceptors (Lipinski definition) is 5. The summed E-state index contributed by atoms with van der Waals surface area (Å²) in [5, 5.41) is 12.4. The number of benzene rings is 2. The van der Waals surface area contributed by atoms with Crippen LogP contribution in [0.5, 0.6) is 0 Å². The van der Waals surface area contributed by atoms with Gasteiger partial charge in [0.1, 0.15) is 21.5 Å². The van der Waals surface area contributed by atoms with Crippen molar-refractivity contribution in [3.63, 3.8) is 0 Å². The summed E-state index contributed by atoms with van der Waals surface area (Å²) < 4.78 is 15.4. The second kappa shape index (κ2) is 8.63. The molecule has 8 heteroatoms. The highest BCUT2D eigenvalue weighted by molar-refractivity contribution is 7.17. The molecule has 1 aliphatic rings. The van der Waals surface area contributed by atoms with Gasteiger partial charge < -0.3 is 9.88 Å². The predicted octanol–water partition coefficient (Wildman–Crippen LogP) is 5.49. The van der Waals surface area contributed by atoms with Gasteiger partial charge in [-0.2, -0.15) is 0 Å². The van der Waals surface area contributed by atoms with Gasteiger partial charge in [0.2, 0.25) is 0 Å². The molecule has 162 valence electrons. The van der Waals surface area contributed by atoms with E-state index in [1.807, 2.05) is 24.3 Å². The van der Waals surface area contributed by atoms with E-state index in [4.69, 9.17) is 0 Å². The number of thiazole rings is 1. The molecule has 1 aliphatic heterocycles. The number of carbonyl (C=O) groups is 1. The van der Waals surface area contributed by atoms with Gasteiger partial charge >= 0.3 is 0 Å². The van der Waals surface area contributed by atoms with E-state index >= 15 is 0 Å². The molecule has 1 amide bonds. The molecule has 0 bridgehead atoms. The van der Waals surface area contributed by atoms with Gasteiger partial charge in [-0.3, -0.25) is 4.79 Å². The molecule has 2 aromatic carbocycles. The Balaban J connectivity index is 1.33. The van der Waals surface area contributed by atoms with E-state index in [9.17, 15) is 9.18 Å². The zero-order valence-electron chi connectivity index (χ0n) is 17.6. The fraction of sp³-hybridized carbons (Fsp3) is 0.250. The highest BCUT2D eigenvalue weighted by Gasteiger charge is 2.18. The molecule has 1 N–H and O–H groups in total. The number of nitrogens with one attached hydrogen (secondary N) is 1. The minimum atomic E-state index is -0.300. The van der Waals surface area contributed by atoms with Gasteiger partial charge in [0, 0.05) is 29.8 Å². The Kier molecular flexibility index (Phi) is 5.53. The molecule has 0 spiro atoms. The van der Waals surface area contributed by atoms with E-state index in [0.717, 1.165) is 48.6 Å². The summed E-state index contributed by atoms with van der Waals surface area (Å²) in [4.78, 5) is 17.9. The average molecular weight is 448 g/mol. The standard InChI is InChI=1S/C24H22FN5OS/c1-15-21(32-24(26-15)17-6-10-18(25)11-7-17)23(31)27-19-12-8-16(9-13-19)22-29-28-20-5-3-2-4-14-30(20)22/h6-13H,2-5,14H2,1H3,(H,27,31). The first-order valence-corrected chi connectivity index (χ1v) is 11.5. The van der Waals surface area contributed by atoms with Gasteiger partial charge in [-0.1, -0.05) is 6.42 Å². The molecule has 6 nitrogen and oxygen atoms in total. The van der Waals surface area contributed by atoms with Gasteiger partial charge in [-0.15, -0.1) is 21.5 Å². The van der Waals surface area contributed by atoms with Gasteiger partial charge in [0.05, 0.1) is 5.69 Å². The van der Waals surface area contributed by atoms with Crippen molar-refractivity contribution in [2.24, 2.45) is 0 Å². The smallest absolute Gasteiger partial charge is 0.267 e. The lowest BCUT2D eigenvalue weighted by Gasteiger charge is -2.08. The molecule has 2 aromatic heterocycles. The molecule has 0 saturated carbocycles. The van der Waals surface area contributed by atoms with Crippen molar-refractivity contribution in [2.45, 2.75) is 39.2 Å². The van der Waals surface area contributed by atoms with Crippen LogP contribution in [0, 0.1) is 12.7 Å². The van der Waals surface area contributed by atoms with Crippen molar-refractivity contribution >= 4 is 22.9 Å². The molecule has 0 atom stereocenters. The molecular weight excluding hydrogens is 425 g/mol. The number of carbonyl (C=O) groups excluding carboxylic acids is 1. The number of hydrogen-bond donors (Lipinski definition) is 1. The second-order valence-electron chi connectivity index (χ2n) is 7.87. The van der Waals surface area contributed by atoms with Crippen molar-refractivity contribution < 1.29 is 9.18 Å². The van der Waals surface area contributed by atoms with Crippen LogP contribution >= 0.6 is 11.3 Å². The van der Waals surface area contributed by atoms with Crippen LogP contribution in [0.4, 0.5) is 10.1 Å². The van der Waals surface area contributed by atoms with Crippen molar-refractivity contribution in [2.75, 3.05) is 5.32 Å². The number of amides is 1. The van der Waals surface area contributed by atoms with Crippen LogP contribution in [0.3, 0.4) is 0 Å². The Morgan fingerprint density at radius 3 is 2.53 bits per heavy atom. The predicted molar refractivity (Wildman–Crippen MR) is 123 cm³/mol. The lowest BCUT2D eigenvalue weighted by Crippen LogP contribution is -2.11. The fourth-order valence-corrected chi connectivity index (χ4v) is 4.88. The maximum atomic E-state index is 13.2. The first-order valence-electron chi connectivity index (χ1n) is 10.7. The molecule has 0 aliphatic carbocycles. The summed E-state index contributed by atoms with van der Waals surface area (Å²) in [6.07, 6.45) is 4.48. The number of aryl methyl sites for hydroxylation is 2. The average Bonchev–Trinajstić information content (AvgIpc) is 3.30. The third kappa shape index (κ3) is 4.05. The molecule has 0 saturated heterocycles. The number of anilines is 1. The Hall–Kier alpha value is -3.39. The SMILES string of the molecule is Cc1nc(-c2ccc(F)cc2)sc1C(=O)Nc1ccc(-c2nnc3n2CCCCC3)cc1. The van der Waals surface area contributed by atoms with Crippen LogP contribution < -0.4 is 5.32 Å². The van der Waals surface area contributed by atoms with Crippen LogP contribution in [0.25, 0.3) is 22.0 Å². The van der Waals surface area contributed by atoms with Crippen LogP contribution in [0.15, 0.2) is 48.5 Å². The van der Waals surface area contributed by atoms with E-state index in [2.05, 4.69) is 25.1 Å². The zero-order valence-corrected chi connectivity index (χ0v) is 18.5. The summed E-state index contributed by atoms with van der Waals surface area (Å²) in [5.41, 5.74) is 3.12. The Labute approximate surface area is 189 Å². The number of fused-ring (bicyclic) bond motifs is 1. The largest absolute Gasteiger partial charge is 0.321 e. The molecule has 3 heterocycles. The highest BCUT2D eigenvalue weighted by Crippen LogP contribution is 2.29. The Bertz CT molecular complexity index is 1260. The molecule has 0 fully saturated rings. The Morgan fingerprint density at radius 1 is 1.00 bits per heavy atom. The van der Waals surface area contributed by atoms with E-state index in [0.29, 0.717) is 21.3 Å². The van der Waals surface area contributed by atoms with Crippen LogP contribution in [0.1, 0.15) is 40.5 Å². The maximum absolute atomic E-state index is 13.2. The zero-order chi connectivity index (χ0) is 22.1. The van der Waals surface area contributed by atoms with Gasteiger partial charge in [0.25, 0.3) is 5.91 Å². The first-order chi connectivity index (χ1) is 15.6. The van der Waals surface area contributed by atoms with E-state index < -0.39 is 0 Å². The fourth-order valence-electron chi connectivity index (χ4n) is 3.91. The number of rotatable bonds is 4. The first kappa shape index (κ1) is 20.5. The summed E-state index contributed by atoms with van der Waals surface area (Å²) >= 11 is 1.30. The second-order valence-corrected chi connectivity index (χ2v) is 8.87. The van der Waals surface area contributed by atoms with Gasteiger partial charge in [-0.25, -0.2) is 9.37 Å². The quantitative estimate of drug-likeness (QED) is 0.449. The van der Waals surface area contributed by atoms with Gasteiger partial charge in [0.15, 0.2) is 5.82 Å². The number of aromatic nitrogens is 4. The van der Waals surface area contributed by atoms with E-state index in [1.165, 1.54) is 29.9 Å². The van der Waals surface area contributed by atoms with Crippen molar-refractivity contribution in [3.05, 3.63) is 70.7 Å². The Morgan fingerprint density at radius 2 is 1.75 bits per heavy atom. The minimum Gasteiger partial charge on any atom is -0.321 e. The lowest BCUT2D eigenvalue weighted by molar-refractivity contribution is 0.103. The normalized spacial score (nSPS) is 13.4. The van der Waals surface area contributed by atoms with Crippen molar-refractivity contribution in [1.29, 1.82) is 0 Å². The third-order valence-corrected chi connectivity index (χ3v) is 6.81. The monoisotopic (exact) mass is 447 g/mol. The third-order valence-electron chi connectivity index (χ3n) is 5.60. The summed E-state index contributed by atoms with van der Waals surface area (Å²) in [6.45, 7) is 2.75. The van der Waals surface area contributed by atoms with E-state index in [1.54, 1.807) is 19.1 Å². The van der Waals surface area contributed by atoms with Crippen molar-refractivity contribution in [3.8, 4) is 22.0 Å². The van der Waals surface area contributed by atoms with Crippen molar-refractivity contribution in [1.82, 2.24) is 19.7 Å². The molecule has 0 unspecified atom stereocenters. The highest BCUT2D eigenvalue weighted by atomic mass is 32.1. The maximum Gasteiger partial charge on any atom is 0.267 e. The van der Waals surface area contributed by atoms with Gasteiger partial charge in [-0.05, 0) is 68.3 Å². The summed E-state index contributed by atoms with van der Waals surface area (Å²) in [7, 11) is 0. The van der Waals surface area contributed by atoms with E-state index in [-0.39, 0.29) is 11.7 Å². The molecule has 0 radical (unpaired) electrons. The topological polar surface area (TPSA) is 72.7 Å². The lowest BCUT2D eigenvalue weighted by atomic mass is 10.2.